The molecule has 0 spiro atoms. The summed E-state index contributed by atoms with van der Waals surface area (Å²) < 4.78 is 0. The number of piperazine rings is 1. The Labute approximate surface area is 105 Å². The molecule has 1 aliphatic heterocycles. The van der Waals surface area contributed by atoms with Gasteiger partial charge in [0.2, 0.25) is 5.91 Å². The zero-order valence-corrected chi connectivity index (χ0v) is 11.5. The lowest BCUT2D eigenvalue weighted by atomic mass is 9.86. The molecule has 0 saturated carbocycles. The van der Waals surface area contributed by atoms with Gasteiger partial charge in [0.05, 0.1) is 5.41 Å². The van der Waals surface area contributed by atoms with E-state index in [9.17, 15) is 4.79 Å². The number of rotatable bonds is 5. The minimum atomic E-state index is -0.368. The van der Waals surface area contributed by atoms with Crippen LogP contribution >= 0.6 is 0 Å². The molecule has 17 heavy (non-hydrogen) atoms. The lowest BCUT2D eigenvalue weighted by molar-refractivity contribution is -0.142. The molecule has 100 valence electrons. The molecule has 1 aliphatic rings. The number of nitrogens with two attached hydrogens (primary N) is 1. The monoisotopic (exact) mass is 241 g/mol. The Morgan fingerprint density at radius 2 is 1.82 bits per heavy atom. The van der Waals surface area contributed by atoms with Crippen molar-refractivity contribution in [3.8, 4) is 0 Å². The van der Waals surface area contributed by atoms with Crippen LogP contribution in [-0.4, -0.2) is 55.0 Å². The van der Waals surface area contributed by atoms with Crippen molar-refractivity contribution in [2.75, 3.05) is 39.3 Å². The van der Waals surface area contributed by atoms with Crippen molar-refractivity contribution >= 4 is 5.91 Å². The molecule has 2 N–H and O–H groups in total. The Bertz CT molecular complexity index is 243. The van der Waals surface area contributed by atoms with Crippen molar-refractivity contribution in [2.24, 2.45) is 11.1 Å². The molecular weight excluding hydrogens is 214 g/mol. The molecule has 1 saturated heterocycles. The van der Waals surface area contributed by atoms with Crippen molar-refractivity contribution in [3.63, 3.8) is 0 Å². The van der Waals surface area contributed by atoms with Crippen LogP contribution < -0.4 is 5.73 Å². The van der Waals surface area contributed by atoms with Gasteiger partial charge in [-0.1, -0.05) is 13.8 Å². The summed E-state index contributed by atoms with van der Waals surface area (Å²) in [7, 11) is 0. The van der Waals surface area contributed by atoms with Gasteiger partial charge in [0.25, 0.3) is 0 Å². The molecule has 4 nitrogen and oxygen atoms in total. The van der Waals surface area contributed by atoms with Crippen LogP contribution in [0.1, 0.15) is 33.6 Å². The van der Waals surface area contributed by atoms with E-state index in [0.29, 0.717) is 6.54 Å². The number of amides is 1. The lowest BCUT2D eigenvalue weighted by Gasteiger charge is -2.39. The second-order valence-corrected chi connectivity index (χ2v) is 5.25. The van der Waals surface area contributed by atoms with Crippen molar-refractivity contribution in [3.05, 3.63) is 0 Å². The zero-order chi connectivity index (χ0) is 12.9. The Morgan fingerprint density at radius 3 is 2.24 bits per heavy atom. The van der Waals surface area contributed by atoms with E-state index in [1.807, 2.05) is 18.7 Å². The standard InChI is InChI=1S/C13H27N3O/c1-4-6-15-7-9-16(10-8-15)12(17)13(3,5-2)11-14/h4-11,14H2,1-3H3. The maximum atomic E-state index is 12.4. The fourth-order valence-electron chi connectivity index (χ4n) is 2.26. The Kier molecular flexibility index (Phi) is 5.40. The van der Waals surface area contributed by atoms with Crippen LogP contribution in [0.25, 0.3) is 0 Å². The summed E-state index contributed by atoms with van der Waals surface area (Å²) in [5.74, 6) is 0.235. The molecule has 1 fully saturated rings. The summed E-state index contributed by atoms with van der Waals surface area (Å²) in [6.45, 7) is 11.5. The zero-order valence-electron chi connectivity index (χ0n) is 11.5. The third-order valence-electron chi connectivity index (χ3n) is 3.95. The molecule has 0 aliphatic carbocycles. The number of nitrogens with zero attached hydrogens (tertiary/aromatic N) is 2. The van der Waals surface area contributed by atoms with Crippen LogP contribution in [0, 0.1) is 5.41 Å². The van der Waals surface area contributed by atoms with Gasteiger partial charge in [-0.3, -0.25) is 9.69 Å². The molecule has 0 radical (unpaired) electrons. The van der Waals surface area contributed by atoms with Gasteiger partial charge in [-0.15, -0.1) is 0 Å². The second-order valence-electron chi connectivity index (χ2n) is 5.25. The smallest absolute Gasteiger partial charge is 0.229 e. The first kappa shape index (κ1) is 14.5. The molecule has 4 heteroatoms. The van der Waals surface area contributed by atoms with E-state index in [1.165, 1.54) is 6.42 Å². The van der Waals surface area contributed by atoms with E-state index in [2.05, 4.69) is 11.8 Å². The third-order valence-corrected chi connectivity index (χ3v) is 3.95. The summed E-state index contributed by atoms with van der Waals surface area (Å²) in [6, 6.07) is 0. The molecule has 1 rings (SSSR count). The predicted molar refractivity (Wildman–Crippen MR) is 70.8 cm³/mol. The highest BCUT2D eigenvalue weighted by molar-refractivity contribution is 5.82. The van der Waals surface area contributed by atoms with E-state index in [4.69, 9.17) is 5.73 Å². The van der Waals surface area contributed by atoms with Gasteiger partial charge in [0, 0.05) is 32.7 Å². The van der Waals surface area contributed by atoms with E-state index in [0.717, 1.165) is 39.1 Å². The SMILES string of the molecule is CCCN1CCN(C(=O)C(C)(CC)CN)CC1. The third kappa shape index (κ3) is 3.42. The highest BCUT2D eigenvalue weighted by atomic mass is 16.2. The number of carbonyl (C=O) groups is 1. The number of hydrogen-bond donors (Lipinski definition) is 1. The van der Waals surface area contributed by atoms with E-state index in [1.54, 1.807) is 0 Å². The summed E-state index contributed by atoms with van der Waals surface area (Å²) in [6.07, 6.45) is 2.00. The topological polar surface area (TPSA) is 49.6 Å². The molecule has 0 bridgehead atoms. The predicted octanol–water partition coefficient (Wildman–Crippen LogP) is 0.916. The van der Waals surface area contributed by atoms with E-state index in [-0.39, 0.29) is 11.3 Å². The van der Waals surface area contributed by atoms with Gasteiger partial charge in [-0.2, -0.15) is 0 Å². The van der Waals surface area contributed by atoms with Crippen LogP contribution in [0.4, 0.5) is 0 Å². The number of hydrogen-bond acceptors (Lipinski definition) is 3. The second kappa shape index (κ2) is 6.36. The molecular formula is C13H27N3O. The van der Waals surface area contributed by atoms with Crippen molar-refractivity contribution in [1.29, 1.82) is 0 Å². The van der Waals surface area contributed by atoms with Crippen LogP contribution in [-0.2, 0) is 4.79 Å². The van der Waals surface area contributed by atoms with Crippen LogP contribution in [0.3, 0.4) is 0 Å². The summed E-state index contributed by atoms with van der Waals surface area (Å²) >= 11 is 0. The fraction of sp³-hybridized carbons (Fsp3) is 0.923. The van der Waals surface area contributed by atoms with Gasteiger partial charge in [-0.05, 0) is 26.3 Å². The van der Waals surface area contributed by atoms with E-state index >= 15 is 0 Å². The average Bonchev–Trinajstić information content (AvgIpc) is 2.38. The van der Waals surface area contributed by atoms with Gasteiger partial charge >= 0.3 is 0 Å². The van der Waals surface area contributed by atoms with E-state index < -0.39 is 0 Å². The van der Waals surface area contributed by atoms with Gasteiger partial charge in [0.1, 0.15) is 0 Å². The minimum absolute atomic E-state index is 0.235. The first-order valence-corrected chi connectivity index (χ1v) is 6.79. The normalized spacial score (nSPS) is 21.3. The largest absolute Gasteiger partial charge is 0.340 e. The summed E-state index contributed by atoms with van der Waals surface area (Å²) in [5.41, 5.74) is 5.37. The number of carbonyl (C=O) groups excluding carboxylic acids is 1. The maximum absolute atomic E-state index is 12.4. The van der Waals surface area contributed by atoms with Crippen LogP contribution in [0.15, 0.2) is 0 Å². The minimum Gasteiger partial charge on any atom is -0.340 e. The van der Waals surface area contributed by atoms with Gasteiger partial charge in [-0.25, -0.2) is 0 Å². The Hall–Kier alpha value is -0.610. The molecule has 1 amide bonds. The first-order valence-electron chi connectivity index (χ1n) is 6.79. The highest BCUT2D eigenvalue weighted by Crippen LogP contribution is 2.23. The molecule has 1 unspecified atom stereocenters. The van der Waals surface area contributed by atoms with Crippen LogP contribution in [0.5, 0.6) is 0 Å². The van der Waals surface area contributed by atoms with Crippen molar-refractivity contribution in [1.82, 2.24) is 9.80 Å². The summed E-state index contributed by atoms with van der Waals surface area (Å²) in [4.78, 5) is 16.8. The van der Waals surface area contributed by atoms with Gasteiger partial charge in [0.15, 0.2) is 0 Å². The molecule has 0 aromatic carbocycles. The Morgan fingerprint density at radius 1 is 1.24 bits per heavy atom. The molecule has 0 aromatic heterocycles. The lowest BCUT2D eigenvalue weighted by Crippen LogP contribution is -2.54. The maximum Gasteiger partial charge on any atom is 0.229 e. The Balaban J connectivity index is 2.51. The van der Waals surface area contributed by atoms with Gasteiger partial charge < -0.3 is 10.6 Å². The highest BCUT2D eigenvalue weighted by Gasteiger charge is 2.34. The fourth-order valence-corrected chi connectivity index (χ4v) is 2.26. The van der Waals surface area contributed by atoms with Crippen molar-refractivity contribution < 1.29 is 4.79 Å². The molecule has 1 atom stereocenters. The summed E-state index contributed by atoms with van der Waals surface area (Å²) in [5, 5.41) is 0. The first-order chi connectivity index (χ1) is 8.07. The molecule has 1 heterocycles. The van der Waals surface area contributed by atoms with Crippen LogP contribution in [0.2, 0.25) is 0 Å². The quantitative estimate of drug-likeness (QED) is 0.778. The molecule has 0 aromatic rings. The average molecular weight is 241 g/mol. The van der Waals surface area contributed by atoms with Crippen molar-refractivity contribution in [2.45, 2.75) is 33.6 Å².